The molecule has 0 amide bonds. The number of methoxy groups -OCH3 is 1. The van der Waals surface area contributed by atoms with E-state index in [2.05, 4.69) is 26.0 Å². The Morgan fingerprint density at radius 3 is 2.50 bits per heavy atom. The molecule has 18 heavy (non-hydrogen) atoms. The summed E-state index contributed by atoms with van der Waals surface area (Å²) in [7, 11) is 1.68. The van der Waals surface area contributed by atoms with Crippen LogP contribution in [0.3, 0.4) is 0 Å². The molecular formula is C15H20N2O. The minimum Gasteiger partial charge on any atom is -0.496 e. The van der Waals surface area contributed by atoms with Gasteiger partial charge in [-0.3, -0.25) is 0 Å². The van der Waals surface area contributed by atoms with E-state index in [-0.39, 0.29) is 11.5 Å². The van der Waals surface area contributed by atoms with Crippen molar-refractivity contribution in [3.05, 3.63) is 29.3 Å². The highest BCUT2D eigenvalue weighted by molar-refractivity contribution is 5.42. The molecule has 1 unspecified atom stereocenters. The molecule has 2 N–H and O–H groups in total. The highest BCUT2D eigenvalue weighted by Gasteiger charge is 2.49. The fourth-order valence-electron chi connectivity index (χ4n) is 2.34. The molecule has 0 saturated heterocycles. The van der Waals surface area contributed by atoms with Crippen molar-refractivity contribution >= 4 is 0 Å². The molecule has 1 saturated carbocycles. The van der Waals surface area contributed by atoms with E-state index in [1.54, 1.807) is 7.11 Å². The van der Waals surface area contributed by atoms with Crippen molar-refractivity contribution in [3.63, 3.8) is 0 Å². The first-order valence-electron chi connectivity index (χ1n) is 6.39. The lowest BCUT2D eigenvalue weighted by Crippen LogP contribution is -2.21. The second kappa shape index (κ2) is 4.62. The SMILES string of the molecule is COc1ccc(C(N)C2(C#N)CC2)cc1C(C)C. The Kier molecular flexibility index (Phi) is 3.32. The average Bonchev–Trinajstić information content (AvgIpc) is 3.18. The lowest BCUT2D eigenvalue weighted by molar-refractivity contribution is 0.406. The summed E-state index contributed by atoms with van der Waals surface area (Å²) in [6, 6.07) is 8.21. The molecule has 1 aliphatic carbocycles. The zero-order valence-corrected chi connectivity index (χ0v) is 11.2. The van der Waals surface area contributed by atoms with Gasteiger partial charge in [-0.15, -0.1) is 0 Å². The van der Waals surface area contributed by atoms with E-state index in [0.29, 0.717) is 5.92 Å². The van der Waals surface area contributed by atoms with Crippen LogP contribution in [-0.2, 0) is 0 Å². The second-order valence-electron chi connectivity index (χ2n) is 5.40. The third-order valence-corrected chi connectivity index (χ3v) is 3.84. The molecule has 3 nitrogen and oxygen atoms in total. The van der Waals surface area contributed by atoms with E-state index in [1.165, 1.54) is 0 Å². The number of benzene rings is 1. The van der Waals surface area contributed by atoms with Gasteiger partial charge in [-0.05, 0) is 36.0 Å². The van der Waals surface area contributed by atoms with Crippen LogP contribution in [0.4, 0.5) is 0 Å². The van der Waals surface area contributed by atoms with Gasteiger partial charge in [0.1, 0.15) is 5.75 Å². The zero-order valence-electron chi connectivity index (χ0n) is 11.2. The largest absolute Gasteiger partial charge is 0.496 e. The maximum atomic E-state index is 9.21. The quantitative estimate of drug-likeness (QED) is 0.885. The molecule has 1 aliphatic rings. The average molecular weight is 244 g/mol. The van der Waals surface area contributed by atoms with Crippen LogP contribution in [0, 0.1) is 16.7 Å². The first kappa shape index (κ1) is 12.9. The number of nitrogens with two attached hydrogens (primary N) is 1. The summed E-state index contributed by atoms with van der Waals surface area (Å²) in [4.78, 5) is 0. The highest BCUT2D eigenvalue weighted by atomic mass is 16.5. The Balaban J connectivity index is 2.36. The Morgan fingerprint density at radius 2 is 2.06 bits per heavy atom. The van der Waals surface area contributed by atoms with Crippen LogP contribution in [0.25, 0.3) is 0 Å². The lowest BCUT2D eigenvalue weighted by Gasteiger charge is -2.20. The Hall–Kier alpha value is -1.53. The highest BCUT2D eigenvalue weighted by Crippen LogP contribution is 2.53. The third-order valence-electron chi connectivity index (χ3n) is 3.84. The number of nitriles is 1. The van der Waals surface area contributed by atoms with Crippen LogP contribution >= 0.6 is 0 Å². The molecule has 1 aromatic rings. The van der Waals surface area contributed by atoms with Crippen LogP contribution in [0.15, 0.2) is 18.2 Å². The molecule has 2 rings (SSSR count). The molecule has 0 radical (unpaired) electrons. The van der Waals surface area contributed by atoms with Crippen molar-refractivity contribution in [3.8, 4) is 11.8 Å². The first-order valence-corrected chi connectivity index (χ1v) is 6.39. The van der Waals surface area contributed by atoms with Gasteiger partial charge in [-0.1, -0.05) is 26.0 Å². The van der Waals surface area contributed by atoms with Gasteiger partial charge in [-0.25, -0.2) is 0 Å². The molecule has 3 heteroatoms. The minimum atomic E-state index is -0.331. The maximum Gasteiger partial charge on any atom is 0.122 e. The van der Waals surface area contributed by atoms with Crippen molar-refractivity contribution < 1.29 is 4.74 Å². The van der Waals surface area contributed by atoms with Crippen molar-refractivity contribution in [2.75, 3.05) is 7.11 Å². The van der Waals surface area contributed by atoms with Crippen LogP contribution < -0.4 is 10.5 Å². The van der Waals surface area contributed by atoms with E-state index in [9.17, 15) is 5.26 Å². The number of hydrogen-bond donors (Lipinski definition) is 1. The van der Waals surface area contributed by atoms with Crippen molar-refractivity contribution in [2.45, 2.75) is 38.6 Å². The predicted molar refractivity (Wildman–Crippen MR) is 71.3 cm³/mol. The standard InChI is InChI=1S/C15H20N2O/c1-10(2)12-8-11(4-5-13(12)18-3)14(17)15(9-16)6-7-15/h4-5,8,10,14H,6-7,17H2,1-3H3. The molecule has 1 aromatic carbocycles. The van der Waals surface area contributed by atoms with Gasteiger partial charge >= 0.3 is 0 Å². The number of ether oxygens (including phenoxy) is 1. The smallest absolute Gasteiger partial charge is 0.122 e. The molecule has 0 heterocycles. The molecule has 1 atom stereocenters. The molecule has 1 fully saturated rings. The third kappa shape index (κ3) is 2.09. The van der Waals surface area contributed by atoms with Gasteiger partial charge in [0, 0.05) is 6.04 Å². The summed E-state index contributed by atoms with van der Waals surface area (Å²) < 4.78 is 5.36. The van der Waals surface area contributed by atoms with Gasteiger partial charge in [0.15, 0.2) is 0 Å². The molecule has 0 spiro atoms. The van der Waals surface area contributed by atoms with Crippen LogP contribution in [0.1, 0.15) is 49.8 Å². The minimum absolute atomic E-state index is 0.189. The monoisotopic (exact) mass is 244 g/mol. The molecule has 0 aromatic heterocycles. The van der Waals surface area contributed by atoms with Gasteiger partial charge < -0.3 is 10.5 Å². The molecule has 0 aliphatic heterocycles. The van der Waals surface area contributed by atoms with Crippen LogP contribution in [-0.4, -0.2) is 7.11 Å². The zero-order chi connectivity index (χ0) is 13.3. The van der Waals surface area contributed by atoms with Crippen LogP contribution in [0.2, 0.25) is 0 Å². The summed E-state index contributed by atoms with van der Waals surface area (Å²) in [5.41, 5.74) is 8.10. The number of rotatable bonds is 4. The summed E-state index contributed by atoms with van der Waals surface area (Å²) in [5, 5.41) is 9.21. The van der Waals surface area contributed by atoms with Crippen LogP contribution in [0.5, 0.6) is 5.75 Å². The van der Waals surface area contributed by atoms with Gasteiger partial charge in [0.2, 0.25) is 0 Å². The topological polar surface area (TPSA) is 59.0 Å². The second-order valence-corrected chi connectivity index (χ2v) is 5.40. The van der Waals surface area contributed by atoms with Gasteiger partial charge in [0.05, 0.1) is 18.6 Å². The van der Waals surface area contributed by atoms with Gasteiger partial charge in [-0.2, -0.15) is 5.26 Å². The predicted octanol–water partition coefficient (Wildman–Crippen LogP) is 3.12. The summed E-state index contributed by atoms with van der Waals surface area (Å²) in [6.45, 7) is 4.26. The van der Waals surface area contributed by atoms with E-state index < -0.39 is 0 Å². The summed E-state index contributed by atoms with van der Waals surface area (Å²) in [6.07, 6.45) is 1.82. The molecule has 96 valence electrons. The maximum absolute atomic E-state index is 9.21. The van der Waals surface area contributed by atoms with E-state index >= 15 is 0 Å². The van der Waals surface area contributed by atoms with E-state index in [1.807, 2.05) is 12.1 Å². The van der Waals surface area contributed by atoms with E-state index in [0.717, 1.165) is 29.7 Å². The van der Waals surface area contributed by atoms with Gasteiger partial charge in [0.25, 0.3) is 0 Å². The fourth-order valence-corrected chi connectivity index (χ4v) is 2.34. The van der Waals surface area contributed by atoms with Crippen molar-refractivity contribution in [1.29, 1.82) is 5.26 Å². The Bertz CT molecular complexity index is 484. The summed E-state index contributed by atoms with van der Waals surface area (Å²) >= 11 is 0. The summed E-state index contributed by atoms with van der Waals surface area (Å²) in [5.74, 6) is 1.27. The van der Waals surface area contributed by atoms with Crippen molar-refractivity contribution in [2.24, 2.45) is 11.1 Å². The molecule has 0 bridgehead atoms. The number of hydrogen-bond acceptors (Lipinski definition) is 3. The van der Waals surface area contributed by atoms with E-state index in [4.69, 9.17) is 10.5 Å². The Morgan fingerprint density at radius 1 is 1.39 bits per heavy atom. The fraction of sp³-hybridized carbons (Fsp3) is 0.533. The van der Waals surface area contributed by atoms with Crippen molar-refractivity contribution in [1.82, 2.24) is 0 Å². The normalized spacial score (nSPS) is 18.2. The first-order chi connectivity index (χ1) is 8.54. The Labute approximate surface area is 109 Å². The lowest BCUT2D eigenvalue weighted by atomic mass is 9.89. The number of nitrogens with zero attached hydrogens (tertiary/aromatic N) is 1. The molecular weight excluding hydrogens is 224 g/mol.